The van der Waals surface area contributed by atoms with Crippen molar-refractivity contribution in [3.63, 3.8) is 0 Å². The molecule has 0 aliphatic carbocycles. The van der Waals surface area contributed by atoms with Gasteiger partial charge in [0.25, 0.3) is 17.6 Å². The second kappa shape index (κ2) is 14.5. The number of H-pyrrole nitrogens is 1. The Bertz CT molecular complexity index is 1890. The number of methoxy groups -OCH3 is 1. The van der Waals surface area contributed by atoms with Crippen molar-refractivity contribution in [1.29, 1.82) is 0 Å². The van der Waals surface area contributed by atoms with Crippen molar-refractivity contribution in [3.8, 4) is 22.8 Å². The van der Waals surface area contributed by atoms with E-state index in [0.717, 1.165) is 44.8 Å². The number of likely N-dealkylation sites (N-methyl/N-ethyl adjacent to an activating group) is 1. The van der Waals surface area contributed by atoms with Crippen molar-refractivity contribution >= 4 is 34.8 Å². The SMILES string of the molecule is COc1cnc(-c2cc(C(=O)NCCCN3CCN(C)CC3)[nH]n2)c2c1C(C(=O)C(=O)N1CCN(c3nnnn3-c3ccccc3)CC1)=C[NH2+]2. The molecular formula is C33H40N13O4+. The van der Waals surface area contributed by atoms with Crippen molar-refractivity contribution < 1.29 is 24.4 Å². The first-order valence-corrected chi connectivity index (χ1v) is 16.7. The molecule has 6 heterocycles. The van der Waals surface area contributed by atoms with Crippen molar-refractivity contribution in [1.82, 2.24) is 55.4 Å². The number of piperazine rings is 2. The fourth-order valence-electron chi connectivity index (χ4n) is 6.46. The average molecular weight is 683 g/mol. The summed E-state index contributed by atoms with van der Waals surface area (Å²) in [4.78, 5) is 53.0. The van der Waals surface area contributed by atoms with Crippen LogP contribution < -0.4 is 20.3 Å². The molecule has 2 saturated heterocycles. The lowest BCUT2D eigenvalue weighted by molar-refractivity contribution is -0.491. The van der Waals surface area contributed by atoms with Crippen LogP contribution in [-0.4, -0.2) is 147 Å². The van der Waals surface area contributed by atoms with Crippen LogP contribution in [-0.2, 0) is 9.59 Å². The van der Waals surface area contributed by atoms with Gasteiger partial charge in [0.2, 0.25) is 5.95 Å². The summed E-state index contributed by atoms with van der Waals surface area (Å²) in [5.41, 5.74) is 3.30. The Morgan fingerprint density at radius 1 is 1.02 bits per heavy atom. The summed E-state index contributed by atoms with van der Waals surface area (Å²) in [6.07, 6.45) is 3.97. The van der Waals surface area contributed by atoms with Crippen LogP contribution in [0.1, 0.15) is 22.5 Å². The lowest BCUT2D eigenvalue weighted by Crippen LogP contribution is -2.70. The highest BCUT2D eigenvalue weighted by Crippen LogP contribution is 2.38. The maximum Gasteiger partial charge on any atom is 0.295 e. The molecule has 0 spiro atoms. The van der Waals surface area contributed by atoms with Gasteiger partial charge in [-0.2, -0.15) is 9.78 Å². The number of nitrogens with zero attached hydrogens (tertiary/aromatic N) is 10. The number of rotatable bonds is 11. The third-order valence-electron chi connectivity index (χ3n) is 9.33. The fourth-order valence-corrected chi connectivity index (χ4v) is 6.46. The molecule has 3 aromatic heterocycles. The lowest BCUT2D eigenvalue weighted by atomic mass is 10.0. The number of ether oxygens (including phenoxy) is 1. The number of hydrogen-bond acceptors (Lipinski definition) is 12. The molecule has 1 aromatic carbocycles. The maximum atomic E-state index is 13.7. The minimum absolute atomic E-state index is 0.217. The topological polar surface area (TPSA) is 187 Å². The first kappa shape index (κ1) is 33.0. The molecule has 0 unspecified atom stereocenters. The molecule has 4 N–H and O–H groups in total. The maximum absolute atomic E-state index is 13.7. The molecular weight excluding hydrogens is 642 g/mol. The number of anilines is 1. The van der Waals surface area contributed by atoms with Gasteiger partial charge in [0.05, 0.1) is 30.1 Å². The van der Waals surface area contributed by atoms with Crippen LogP contribution in [0.2, 0.25) is 0 Å². The Morgan fingerprint density at radius 2 is 1.80 bits per heavy atom. The Labute approximate surface area is 288 Å². The summed E-state index contributed by atoms with van der Waals surface area (Å²) in [6, 6.07) is 11.2. The molecule has 3 aliphatic rings. The zero-order valence-electron chi connectivity index (χ0n) is 28.1. The third kappa shape index (κ3) is 6.70. The number of nitrogens with one attached hydrogen (secondary N) is 2. The molecule has 0 radical (unpaired) electrons. The molecule has 3 aliphatic heterocycles. The first-order chi connectivity index (χ1) is 24.4. The average Bonchev–Trinajstić information content (AvgIpc) is 3.94. The van der Waals surface area contributed by atoms with Gasteiger partial charge in [0.15, 0.2) is 17.1 Å². The van der Waals surface area contributed by atoms with E-state index in [1.54, 1.807) is 27.2 Å². The number of quaternary nitrogens is 1. The first-order valence-electron chi connectivity index (χ1n) is 16.7. The zero-order valence-corrected chi connectivity index (χ0v) is 28.1. The number of aromatic amines is 1. The smallest absolute Gasteiger partial charge is 0.295 e. The van der Waals surface area contributed by atoms with E-state index in [1.807, 2.05) is 35.2 Å². The lowest BCUT2D eigenvalue weighted by Gasteiger charge is -2.34. The van der Waals surface area contributed by atoms with Crippen LogP contribution in [0.5, 0.6) is 5.75 Å². The van der Waals surface area contributed by atoms with Gasteiger partial charge in [-0.05, 0) is 48.6 Å². The number of carbonyl (C=O) groups excluding carboxylic acids is 3. The molecule has 4 aromatic rings. The van der Waals surface area contributed by atoms with E-state index in [2.05, 4.69) is 52.9 Å². The molecule has 260 valence electrons. The van der Waals surface area contributed by atoms with Crippen LogP contribution in [0.4, 0.5) is 11.6 Å². The van der Waals surface area contributed by atoms with Crippen LogP contribution in [0.15, 0.2) is 48.8 Å². The molecule has 7 rings (SSSR count). The second-order valence-corrected chi connectivity index (χ2v) is 12.5. The summed E-state index contributed by atoms with van der Waals surface area (Å²) < 4.78 is 7.23. The number of amides is 2. The third-order valence-corrected chi connectivity index (χ3v) is 9.33. The summed E-state index contributed by atoms with van der Waals surface area (Å²) in [5, 5.41) is 24.0. The highest BCUT2D eigenvalue weighted by atomic mass is 16.5. The van der Waals surface area contributed by atoms with Crippen LogP contribution in [0.25, 0.3) is 22.6 Å². The number of benzene rings is 1. The number of nitrogens with two attached hydrogens (primary N) is 1. The van der Waals surface area contributed by atoms with Crippen LogP contribution in [0.3, 0.4) is 0 Å². The van der Waals surface area contributed by atoms with E-state index in [0.29, 0.717) is 72.8 Å². The predicted octanol–water partition coefficient (Wildman–Crippen LogP) is -0.709. The van der Waals surface area contributed by atoms with Crippen molar-refractivity contribution in [2.45, 2.75) is 6.42 Å². The molecule has 17 nitrogen and oxygen atoms in total. The van der Waals surface area contributed by atoms with Crippen molar-refractivity contribution in [2.24, 2.45) is 0 Å². The van der Waals surface area contributed by atoms with E-state index >= 15 is 0 Å². The number of ketones is 1. The van der Waals surface area contributed by atoms with E-state index < -0.39 is 11.7 Å². The summed E-state index contributed by atoms with van der Waals surface area (Å²) in [7, 11) is 3.62. The van der Waals surface area contributed by atoms with Gasteiger partial charge in [0, 0.05) is 58.9 Å². The standard InChI is InChI=1S/C33H39N13O4/c1-42-11-13-43(14-12-42)10-6-9-34-31(48)25-19-24(37-38-25)28-29-27(26(50-2)21-36-28)23(20-35-29)30(47)32(49)44-15-17-45(18-16-44)33-39-40-41-46(33)22-7-4-3-5-8-22/h3-5,7-8,19-21,35H,6,9-18H2,1-2H3,(H,34,48)(H,37,38)/p+1. The molecule has 17 heteroatoms. The van der Waals surface area contributed by atoms with Gasteiger partial charge in [0.1, 0.15) is 17.6 Å². The number of hydrogen-bond donors (Lipinski definition) is 3. The Balaban J connectivity index is 0.986. The Morgan fingerprint density at radius 3 is 2.56 bits per heavy atom. The summed E-state index contributed by atoms with van der Waals surface area (Å²) >= 11 is 0. The summed E-state index contributed by atoms with van der Waals surface area (Å²) in [5.74, 6) is -0.575. The Hall–Kier alpha value is -5.52. The van der Waals surface area contributed by atoms with E-state index in [4.69, 9.17) is 4.74 Å². The number of pyridine rings is 1. The number of para-hydroxylation sites is 1. The van der Waals surface area contributed by atoms with E-state index in [1.165, 1.54) is 13.3 Å². The van der Waals surface area contributed by atoms with Gasteiger partial charge in [-0.15, -0.1) is 0 Å². The number of tetrazole rings is 1. The molecule has 0 atom stereocenters. The second-order valence-electron chi connectivity index (χ2n) is 12.5. The van der Waals surface area contributed by atoms with Gasteiger partial charge < -0.3 is 29.7 Å². The van der Waals surface area contributed by atoms with Crippen molar-refractivity contribution in [3.05, 3.63) is 60.1 Å². The Kier molecular flexibility index (Phi) is 9.59. The largest absolute Gasteiger partial charge is 0.494 e. The van der Waals surface area contributed by atoms with Gasteiger partial charge >= 0.3 is 0 Å². The fraction of sp³-hybridized carbons (Fsp3) is 0.394. The predicted molar refractivity (Wildman–Crippen MR) is 182 cm³/mol. The normalized spacial score (nSPS) is 16.6. The van der Waals surface area contributed by atoms with Gasteiger partial charge in [-0.3, -0.25) is 24.8 Å². The number of carbonyl (C=O) groups is 3. The molecule has 0 saturated carbocycles. The minimum atomic E-state index is -0.642. The quantitative estimate of drug-likeness (QED) is 0.134. The number of Topliss-reactive ketones (excluding diaryl/α,β-unsaturated/α-hetero) is 1. The minimum Gasteiger partial charge on any atom is -0.494 e. The van der Waals surface area contributed by atoms with Crippen LogP contribution in [0, 0.1) is 0 Å². The van der Waals surface area contributed by atoms with Gasteiger partial charge in [-0.25, -0.2) is 4.98 Å². The monoisotopic (exact) mass is 682 g/mol. The van der Waals surface area contributed by atoms with Crippen LogP contribution >= 0.6 is 0 Å². The highest BCUT2D eigenvalue weighted by Gasteiger charge is 2.38. The highest BCUT2D eigenvalue weighted by molar-refractivity contribution is 6.54. The molecule has 0 bridgehead atoms. The van der Waals surface area contributed by atoms with E-state index in [9.17, 15) is 14.4 Å². The molecule has 2 fully saturated rings. The van der Waals surface area contributed by atoms with Gasteiger partial charge in [-0.1, -0.05) is 23.3 Å². The van der Waals surface area contributed by atoms with Crippen molar-refractivity contribution in [2.75, 3.05) is 84.5 Å². The zero-order chi connectivity index (χ0) is 34.6. The van der Waals surface area contributed by atoms with E-state index in [-0.39, 0.29) is 11.5 Å². The summed E-state index contributed by atoms with van der Waals surface area (Å²) in [6.45, 7) is 7.23. The number of aromatic nitrogens is 7. The number of fused-ring (bicyclic) bond motifs is 1. The molecule has 2 amide bonds. The molecule has 50 heavy (non-hydrogen) atoms.